The fourth-order valence-electron chi connectivity index (χ4n) is 1.62. The van der Waals surface area contributed by atoms with Crippen LogP contribution in [-0.4, -0.2) is 30.9 Å². The van der Waals surface area contributed by atoms with Gasteiger partial charge in [-0.05, 0) is 55.8 Å². The molecule has 5 nitrogen and oxygen atoms in total. The number of amides is 1. The largest absolute Gasteiger partial charge is 0.490 e. The van der Waals surface area contributed by atoms with E-state index in [1.807, 2.05) is 27.7 Å². The molecule has 0 atom stereocenters. The third-order valence-corrected chi connectivity index (χ3v) is 3.05. The van der Waals surface area contributed by atoms with E-state index in [4.69, 9.17) is 9.47 Å². The second-order valence-electron chi connectivity index (χ2n) is 5.46. The molecule has 21 heavy (non-hydrogen) atoms. The Hall–Kier alpha value is -1.56. The summed E-state index contributed by atoms with van der Waals surface area (Å²) in [4.78, 5) is 22.7. The van der Waals surface area contributed by atoms with Gasteiger partial charge in [-0.2, -0.15) is 0 Å². The summed E-state index contributed by atoms with van der Waals surface area (Å²) in [7, 11) is 0. The Kier molecular flexibility index (Phi) is 6.20. The van der Waals surface area contributed by atoms with Gasteiger partial charge in [0.1, 0.15) is 0 Å². The SMILES string of the molecule is CCOc1cc(C=O)c(Br)cc1OCC(=O)NC(C)(C)C. The smallest absolute Gasteiger partial charge is 0.258 e. The minimum absolute atomic E-state index is 0.121. The second kappa shape index (κ2) is 7.45. The lowest BCUT2D eigenvalue weighted by atomic mass is 10.1. The van der Waals surface area contributed by atoms with Gasteiger partial charge >= 0.3 is 0 Å². The normalized spacial score (nSPS) is 10.9. The van der Waals surface area contributed by atoms with E-state index >= 15 is 0 Å². The molecule has 0 saturated heterocycles. The minimum Gasteiger partial charge on any atom is -0.490 e. The van der Waals surface area contributed by atoms with E-state index in [0.29, 0.717) is 28.1 Å². The molecular formula is C15H20BrNO4. The second-order valence-corrected chi connectivity index (χ2v) is 6.31. The Bertz CT molecular complexity index is 523. The van der Waals surface area contributed by atoms with E-state index in [1.165, 1.54) is 0 Å². The lowest BCUT2D eigenvalue weighted by molar-refractivity contribution is -0.124. The van der Waals surface area contributed by atoms with Crippen LogP contribution in [0.25, 0.3) is 0 Å². The topological polar surface area (TPSA) is 64.6 Å². The first-order chi connectivity index (χ1) is 9.76. The molecule has 0 fully saturated rings. The maximum absolute atomic E-state index is 11.8. The van der Waals surface area contributed by atoms with Crippen LogP contribution in [0.5, 0.6) is 11.5 Å². The fourth-order valence-corrected chi connectivity index (χ4v) is 2.04. The third kappa shape index (κ3) is 5.75. The molecule has 1 N–H and O–H groups in total. The van der Waals surface area contributed by atoms with Crippen LogP contribution in [0.15, 0.2) is 16.6 Å². The number of hydrogen-bond donors (Lipinski definition) is 1. The van der Waals surface area contributed by atoms with E-state index < -0.39 is 0 Å². The van der Waals surface area contributed by atoms with Gasteiger partial charge in [0.05, 0.1) is 6.61 Å². The Labute approximate surface area is 133 Å². The van der Waals surface area contributed by atoms with Crippen LogP contribution in [0, 0.1) is 0 Å². The first kappa shape index (κ1) is 17.5. The van der Waals surface area contributed by atoms with Crippen molar-refractivity contribution < 1.29 is 19.1 Å². The van der Waals surface area contributed by atoms with Crippen LogP contribution in [0.1, 0.15) is 38.1 Å². The first-order valence-electron chi connectivity index (χ1n) is 6.62. The van der Waals surface area contributed by atoms with Gasteiger partial charge in [-0.25, -0.2) is 0 Å². The minimum atomic E-state index is -0.314. The summed E-state index contributed by atoms with van der Waals surface area (Å²) in [6.45, 7) is 7.83. The van der Waals surface area contributed by atoms with E-state index in [0.717, 1.165) is 6.29 Å². The molecule has 0 spiro atoms. The predicted molar refractivity (Wildman–Crippen MR) is 84.1 cm³/mol. The van der Waals surface area contributed by atoms with Gasteiger partial charge in [0.15, 0.2) is 24.4 Å². The highest BCUT2D eigenvalue weighted by Gasteiger charge is 2.16. The predicted octanol–water partition coefficient (Wildman–Crippen LogP) is 2.95. The number of carbonyl (C=O) groups excluding carboxylic acids is 2. The highest BCUT2D eigenvalue weighted by atomic mass is 79.9. The van der Waals surface area contributed by atoms with Gasteiger partial charge in [-0.3, -0.25) is 9.59 Å². The van der Waals surface area contributed by atoms with Crippen molar-refractivity contribution in [1.82, 2.24) is 5.32 Å². The number of ether oxygens (including phenoxy) is 2. The number of aldehydes is 1. The van der Waals surface area contributed by atoms with Gasteiger partial charge in [0.2, 0.25) is 0 Å². The van der Waals surface area contributed by atoms with E-state index in [-0.39, 0.29) is 18.1 Å². The van der Waals surface area contributed by atoms with E-state index in [9.17, 15) is 9.59 Å². The molecule has 1 aromatic rings. The highest BCUT2D eigenvalue weighted by molar-refractivity contribution is 9.10. The molecule has 0 heterocycles. The molecule has 0 radical (unpaired) electrons. The van der Waals surface area contributed by atoms with Crippen molar-refractivity contribution in [2.45, 2.75) is 33.2 Å². The molecule has 116 valence electrons. The average Bonchev–Trinajstić information content (AvgIpc) is 2.36. The maximum atomic E-state index is 11.8. The maximum Gasteiger partial charge on any atom is 0.258 e. The van der Waals surface area contributed by atoms with Crippen LogP contribution in [0.3, 0.4) is 0 Å². The Balaban J connectivity index is 2.84. The lowest BCUT2D eigenvalue weighted by Crippen LogP contribution is -2.43. The number of nitrogens with one attached hydrogen (secondary N) is 1. The summed E-state index contributed by atoms with van der Waals surface area (Å²) in [6.07, 6.45) is 0.725. The molecule has 0 aromatic heterocycles. The zero-order valence-corrected chi connectivity index (χ0v) is 14.2. The van der Waals surface area contributed by atoms with E-state index in [1.54, 1.807) is 12.1 Å². The Morgan fingerprint density at radius 2 is 1.90 bits per heavy atom. The van der Waals surface area contributed by atoms with Crippen molar-refractivity contribution >= 4 is 28.1 Å². The zero-order chi connectivity index (χ0) is 16.0. The van der Waals surface area contributed by atoms with Gasteiger partial charge in [0, 0.05) is 15.6 Å². The molecule has 0 bridgehead atoms. The van der Waals surface area contributed by atoms with Gasteiger partial charge in [-0.15, -0.1) is 0 Å². The summed E-state index contributed by atoms with van der Waals surface area (Å²) in [5, 5.41) is 2.81. The van der Waals surface area contributed by atoms with Crippen LogP contribution in [0.4, 0.5) is 0 Å². The molecule has 1 aromatic carbocycles. The number of halogens is 1. The van der Waals surface area contributed by atoms with Crippen molar-refractivity contribution in [2.24, 2.45) is 0 Å². The van der Waals surface area contributed by atoms with E-state index in [2.05, 4.69) is 21.2 Å². The first-order valence-corrected chi connectivity index (χ1v) is 7.41. The monoisotopic (exact) mass is 357 g/mol. The summed E-state index contributed by atoms with van der Waals surface area (Å²) >= 11 is 3.28. The zero-order valence-electron chi connectivity index (χ0n) is 12.7. The fraction of sp³-hybridized carbons (Fsp3) is 0.467. The molecule has 0 saturated carbocycles. The highest BCUT2D eigenvalue weighted by Crippen LogP contribution is 2.33. The molecule has 6 heteroatoms. The van der Waals surface area contributed by atoms with Gasteiger partial charge < -0.3 is 14.8 Å². The van der Waals surface area contributed by atoms with Gasteiger partial charge in [0.25, 0.3) is 5.91 Å². The standard InChI is InChI=1S/C15H20BrNO4/c1-5-20-12-6-10(8-18)11(16)7-13(12)21-9-14(19)17-15(2,3)4/h6-8H,5,9H2,1-4H3,(H,17,19). The van der Waals surface area contributed by atoms with Gasteiger partial charge in [-0.1, -0.05) is 0 Å². The Morgan fingerprint density at radius 1 is 1.29 bits per heavy atom. The number of rotatable bonds is 6. The van der Waals surface area contributed by atoms with Crippen LogP contribution >= 0.6 is 15.9 Å². The number of hydrogen-bond acceptors (Lipinski definition) is 4. The van der Waals surface area contributed by atoms with Crippen molar-refractivity contribution in [3.63, 3.8) is 0 Å². The molecule has 0 aliphatic carbocycles. The molecule has 0 unspecified atom stereocenters. The van der Waals surface area contributed by atoms with Crippen molar-refractivity contribution in [3.05, 3.63) is 22.2 Å². The number of benzene rings is 1. The van der Waals surface area contributed by atoms with Crippen LogP contribution in [-0.2, 0) is 4.79 Å². The molecule has 1 rings (SSSR count). The number of carbonyl (C=O) groups is 2. The van der Waals surface area contributed by atoms with Crippen molar-refractivity contribution in [3.8, 4) is 11.5 Å². The molecular weight excluding hydrogens is 338 g/mol. The van der Waals surface area contributed by atoms with Crippen molar-refractivity contribution in [1.29, 1.82) is 0 Å². The summed E-state index contributed by atoms with van der Waals surface area (Å²) in [5.41, 5.74) is 0.149. The molecule has 0 aliphatic rings. The Morgan fingerprint density at radius 3 is 2.43 bits per heavy atom. The van der Waals surface area contributed by atoms with Crippen LogP contribution in [0.2, 0.25) is 0 Å². The molecule has 1 amide bonds. The quantitative estimate of drug-likeness (QED) is 0.795. The summed E-state index contributed by atoms with van der Waals surface area (Å²) in [6, 6.07) is 3.21. The van der Waals surface area contributed by atoms with Crippen molar-refractivity contribution in [2.75, 3.05) is 13.2 Å². The van der Waals surface area contributed by atoms with Crippen LogP contribution < -0.4 is 14.8 Å². The molecule has 0 aliphatic heterocycles. The lowest BCUT2D eigenvalue weighted by Gasteiger charge is -2.21. The average molecular weight is 358 g/mol. The third-order valence-electron chi connectivity index (χ3n) is 2.36. The summed E-state index contributed by atoms with van der Waals surface area (Å²) in [5.74, 6) is 0.630. The summed E-state index contributed by atoms with van der Waals surface area (Å²) < 4.78 is 11.5.